The monoisotopic (exact) mass is 305 g/mol. The Balaban J connectivity index is 1.74. The first-order valence-corrected chi connectivity index (χ1v) is 8.16. The van der Waals surface area contributed by atoms with Gasteiger partial charge < -0.3 is 15.0 Å². The molecule has 1 N–H and O–H groups in total. The summed E-state index contributed by atoms with van der Waals surface area (Å²) in [5, 5.41) is 5.02. The van der Waals surface area contributed by atoms with E-state index in [1.54, 1.807) is 11.3 Å². The molecule has 1 fully saturated rings. The molecule has 112 valence electrons. The van der Waals surface area contributed by atoms with Crippen LogP contribution in [0.3, 0.4) is 0 Å². The molecule has 5 nitrogen and oxygen atoms in total. The van der Waals surface area contributed by atoms with E-state index in [-0.39, 0.29) is 12.1 Å². The molecule has 0 aliphatic carbocycles. The van der Waals surface area contributed by atoms with Crippen LogP contribution in [0, 0.1) is 0 Å². The first-order chi connectivity index (χ1) is 10.3. The Morgan fingerprint density at radius 3 is 3.33 bits per heavy atom. The predicted molar refractivity (Wildman–Crippen MR) is 85.0 cm³/mol. The van der Waals surface area contributed by atoms with E-state index in [0.29, 0.717) is 6.61 Å². The Morgan fingerprint density at radius 1 is 1.57 bits per heavy atom. The van der Waals surface area contributed by atoms with Gasteiger partial charge in [0.15, 0.2) is 0 Å². The normalized spacial score (nSPS) is 18.7. The molecule has 2 aromatic rings. The van der Waals surface area contributed by atoms with Crippen LogP contribution in [-0.2, 0) is 4.74 Å². The average molecular weight is 305 g/mol. The van der Waals surface area contributed by atoms with Crippen molar-refractivity contribution in [2.75, 3.05) is 24.6 Å². The van der Waals surface area contributed by atoms with Crippen LogP contribution in [0.15, 0.2) is 23.7 Å². The van der Waals surface area contributed by atoms with Gasteiger partial charge in [0, 0.05) is 25.3 Å². The molecular weight excluding hydrogens is 286 g/mol. The number of anilines is 1. The molecule has 1 atom stereocenters. The number of thiophene rings is 1. The Kier molecular flexibility index (Phi) is 4.24. The summed E-state index contributed by atoms with van der Waals surface area (Å²) in [7, 11) is 0. The highest BCUT2D eigenvalue weighted by atomic mass is 32.1. The van der Waals surface area contributed by atoms with E-state index in [4.69, 9.17) is 4.74 Å². The van der Waals surface area contributed by atoms with E-state index >= 15 is 0 Å². The third-order valence-corrected chi connectivity index (χ3v) is 4.61. The summed E-state index contributed by atoms with van der Waals surface area (Å²) in [6.07, 6.45) is 3.59. The fraction of sp³-hybridized carbons (Fsp3) is 0.467. The van der Waals surface area contributed by atoms with E-state index in [9.17, 15) is 4.79 Å². The molecule has 6 heteroatoms. The molecule has 1 aliphatic heterocycles. The molecule has 21 heavy (non-hydrogen) atoms. The van der Waals surface area contributed by atoms with Crippen molar-refractivity contribution in [3.8, 4) is 0 Å². The fourth-order valence-electron chi connectivity index (χ4n) is 2.76. The van der Waals surface area contributed by atoms with E-state index in [0.717, 1.165) is 31.4 Å². The first kappa shape index (κ1) is 14.1. The number of rotatable bonds is 3. The van der Waals surface area contributed by atoms with Gasteiger partial charge in [0.1, 0.15) is 0 Å². The molecule has 2 aromatic heterocycles. The van der Waals surface area contributed by atoms with Gasteiger partial charge in [0.2, 0.25) is 0 Å². The van der Waals surface area contributed by atoms with Gasteiger partial charge in [-0.2, -0.15) is 0 Å². The van der Waals surface area contributed by atoms with Crippen LogP contribution in [0.5, 0.6) is 0 Å². The minimum Gasteiger partial charge on any atom is -0.450 e. The summed E-state index contributed by atoms with van der Waals surface area (Å²) in [6, 6.07) is 4.24. The van der Waals surface area contributed by atoms with Crippen molar-refractivity contribution in [3.05, 3.63) is 23.7 Å². The SMILES string of the molecule is CCOC(=O)NC1CCCN(c2ccnc3ccsc23)C1. The highest BCUT2D eigenvalue weighted by Gasteiger charge is 2.23. The number of carbonyl (C=O) groups excluding carboxylic acids is 1. The summed E-state index contributed by atoms with van der Waals surface area (Å²) >= 11 is 1.71. The number of pyridine rings is 1. The molecule has 1 unspecified atom stereocenters. The standard InChI is InChI=1S/C15H19N3O2S/c1-2-20-15(19)17-11-4-3-8-18(10-11)13-5-7-16-12-6-9-21-14(12)13/h5-7,9,11H,2-4,8,10H2,1H3,(H,17,19). The number of amides is 1. The van der Waals surface area contributed by atoms with Crippen LogP contribution in [0.4, 0.5) is 10.5 Å². The zero-order chi connectivity index (χ0) is 14.7. The maximum Gasteiger partial charge on any atom is 0.407 e. The number of alkyl carbamates (subject to hydrolysis) is 1. The molecule has 1 saturated heterocycles. The smallest absolute Gasteiger partial charge is 0.407 e. The number of aromatic nitrogens is 1. The lowest BCUT2D eigenvalue weighted by atomic mass is 10.1. The van der Waals surface area contributed by atoms with Crippen molar-refractivity contribution in [2.45, 2.75) is 25.8 Å². The van der Waals surface area contributed by atoms with E-state index in [1.165, 1.54) is 10.4 Å². The van der Waals surface area contributed by atoms with Crippen LogP contribution in [0.25, 0.3) is 10.2 Å². The maximum atomic E-state index is 11.6. The Hall–Kier alpha value is -1.82. The Labute approximate surface area is 127 Å². The van der Waals surface area contributed by atoms with Gasteiger partial charge >= 0.3 is 6.09 Å². The van der Waals surface area contributed by atoms with E-state index in [1.807, 2.05) is 19.2 Å². The molecule has 0 radical (unpaired) electrons. The highest BCUT2D eigenvalue weighted by Crippen LogP contribution is 2.31. The maximum absolute atomic E-state index is 11.6. The number of fused-ring (bicyclic) bond motifs is 1. The molecule has 3 rings (SSSR count). The largest absolute Gasteiger partial charge is 0.450 e. The summed E-state index contributed by atoms with van der Waals surface area (Å²) in [4.78, 5) is 18.3. The molecule has 0 bridgehead atoms. The van der Waals surface area contributed by atoms with Crippen LogP contribution in [-0.4, -0.2) is 36.8 Å². The van der Waals surface area contributed by atoms with E-state index < -0.39 is 0 Å². The molecule has 0 aromatic carbocycles. The summed E-state index contributed by atoms with van der Waals surface area (Å²) in [5.74, 6) is 0. The highest BCUT2D eigenvalue weighted by molar-refractivity contribution is 7.17. The molecule has 3 heterocycles. The minimum absolute atomic E-state index is 0.140. The molecule has 0 spiro atoms. The summed E-state index contributed by atoms with van der Waals surface area (Å²) in [5.41, 5.74) is 2.25. The number of hydrogen-bond donors (Lipinski definition) is 1. The number of nitrogens with one attached hydrogen (secondary N) is 1. The quantitative estimate of drug-likeness (QED) is 0.947. The van der Waals surface area contributed by atoms with Gasteiger partial charge in [0.05, 0.1) is 22.5 Å². The second kappa shape index (κ2) is 6.30. The second-order valence-electron chi connectivity index (χ2n) is 5.12. The number of hydrogen-bond acceptors (Lipinski definition) is 5. The van der Waals surface area contributed by atoms with Crippen LogP contribution in [0.2, 0.25) is 0 Å². The third kappa shape index (κ3) is 3.10. The Morgan fingerprint density at radius 2 is 2.48 bits per heavy atom. The average Bonchev–Trinajstić information content (AvgIpc) is 2.96. The number of carbonyl (C=O) groups is 1. The van der Waals surface area contributed by atoms with Gasteiger partial charge in [-0.15, -0.1) is 11.3 Å². The fourth-order valence-corrected chi connectivity index (χ4v) is 3.65. The second-order valence-corrected chi connectivity index (χ2v) is 6.03. The lowest BCUT2D eigenvalue weighted by Crippen LogP contribution is -2.48. The molecule has 0 saturated carbocycles. The van der Waals surface area contributed by atoms with Gasteiger partial charge in [-0.05, 0) is 37.3 Å². The van der Waals surface area contributed by atoms with Crippen LogP contribution in [0.1, 0.15) is 19.8 Å². The molecule has 1 aliphatic rings. The predicted octanol–water partition coefficient (Wildman–Crippen LogP) is 3.01. The van der Waals surface area contributed by atoms with Crippen LogP contribution >= 0.6 is 11.3 Å². The van der Waals surface area contributed by atoms with Crippen molar-refractivity contribution in [2.24, 2.45) is 0 Å². The first-order valence-electron chi connectivity index (χ1n) is 7.28. The molecular formula is C15H19N3O2S. The minimum atomic E-state index is -0.319. The van der Waals surface area contributed by atoms with Gasteiger partial charge in [-0.25, -0.2) is 4.79 Å². The van der Waals surface area contributed by atoms with Gasteiger partial charge in [-0.1, -0.05) is 0 Å². The number of nitrogens with zero attached hydrogens (tertiary/aromatic N) is 2. The lowest BCUT2D eigenvalue weighted by Gasteiger charge is -2.34. The van der Waals surface area contributed by atoms with E-state index in [2.05, 4.69) is 26.6 Å². The van der Waals surface area contributed by atoms with Crippen molar-refractivity contribution >= 4 is 33.3 Å². The lowest BCUT2D eigenvalue weighted by molar-refractivity contribution is 0.146. The van der Waals surface area contributed by atoms with Gasteiger partial charge in [0.25, 0.3) is 0 Å². The van der Waals surface area contributed by atoms with Crippen molar-refractivity contribution in [3.63, 3.8) is 0 Å². The molecule has 1 amide bonds. The van der Waals surface area contributed by atoms with Gasteiger partial charge in [-0.3, -0.25) is 4.98 Å². The zero-order valence-corrected chi connectivity index (χ0v) is 12.9. The van der Waals surface area contributed by atoms with Crippen molar-refractivity contribution < 1.29 is 9.53 Å². The number of piperidine rings is 1. The third-order valence-electron chi connectivity index (χ3n) is 3.68. The number of ether oxygens (including phenoxy) is 1. The summed E-state index contributed by atoms with van der Waals surface area (Å²) in [6.45, 7) is 4.05. The van der Waals surface area contributed by atoms with Crippen molar-refractivity contribution in [1.82, 2.24) is 10.3 Å². The van der Waals surface area contributed by atoms with Crippen molar-refractivity contribution in [1.29, 1.82) is 0 Å². The Bertz CT molecular complexity index is 628. The zero-order valence-electron chi connectivity index (χ0n) is 12.0. The summed E-state index contributed by atoms with van der Waals surface area (Å²) < 4.78 is 6.18. The van der Waals surface area contributed by atoms with Crippen LogP contribution < -0.4 is 10.2 Å². The topological polar surface area (TPSA) is 54.5 Å².